The Morgan fingerprint density at radius 2 is 1.74 bits per heavy atom. The summed E-state index contributed by atoms with van der Waals surface area (Å²) in [4.78, 5) is 16.8. The molecule has 0 bridgehead atoms. The Labute approximate surface area is 164 Å². The predicted octanol–water partition coefficient (Wildman–Crippen LogP) is 3.67. The number of amides is 1. The molecule has 5 nitrogen and oxygen atoms in total. The molecule has 2 aromatic carbocycles. The van der Waals surface area contributed by atoms with Crippen LogP contribution in [-0.4, -0.2) is 50.6 Å². The SMILES string of the molecule is CN1CCN(c2ccc(NC(=O)CCNc3ccc(F)c(Cl)c3)cc2)CC1. The molecule has 1 fully saturated rings. The van der Waals surface area contributed by atoms with Crippen LogP contribution < -0.4 is 15.5 Å². The Bertz CT molecular complexity index is 776. The summed E-state index contributed by atoms with van der Waals surface area (Å²) in [5.41, 5.74) is 2.64. The van der Waals surface area contributed by atoms with Gasteiger partial charge in [-0.15, -0.1) is 0 Å². The number of likely N-dealkylation sites (N-methyl/N-ethyl adjacent to an activating group) is 1. The fourth-order valence-corrected chi connectivity index (χ4v) is 3.15. The molecule has 144 valence electrons. The van der Waals surface area contributed by atoms with E-state index < -0.39 is 5.82 Å². The van der Waals surface area contributed by atoms with Crippen molar-refractivity contribution in [3.05, 3.63) is 53.3 Å². The first-order chi connectivity index (χ1) is 13.0. The maximum atomic E-state index is 13.1. The average molecular weight is 391 g/mol. The van der Waals surface area contributed by atoms with Gasteiger partial charge in [0.15, 0.2) is 0 Å². The Morgan fingerprint density at radius 3 is 2.41 bits per heavy atom. The monoisotopic (exact) mass is 390 g/mol. The molecule has 3 rings (SSSR count). The largest absolute Gasteiger partial charge is 0.384 e. The summed E-state index contributed by atoms with van der Waals surface area (Å²) in [5.74, 6) is -0.539. The Morgan fingerprint density at radius 1 is 1.07 bits per heavy atom. The molecule has 0 aliphatic carbocycles. The molecule has 1 aliphatic rings. The van der Waals surface area contributed by atoms with E-state index >= 15 is 0 Å². The van der Waals surface area contributed by atoms with Gasteiger partial charge in [0.2, 0.25) is 5.91 Å². The number of piperazine rings is 1. The number of carbonyl (C=O) groups excluding carboxylic acids is 1. The van der Waals surface area contributed by atoms with E-state index in [1.807, 2.05) is 24.3 Å². The second-order valence-corrected chi connectivity index (χ2v) is 7.10. The fraction of sp³-hybridized carbons (Fsp3) is 0.350. The van der Waals surface area contributed by atoms with E-state index in [1.165, 1.54) is 17.8 Å². The van der Waals surface area contributed by atoms with Gasteiger partial charge in [-0.3, -0.25) is 4.79 Å². The quantitative estimate of drug-likeness (QED) is 0.790. The van der Waals surface area contributed by atoms with E-state index in [1.54, 1.807) is 6.07 Å². The smallest absolute Gasteiger partial charge is 0.226 e. The lowest BCUT2D eigenvalue weighted by molar-refractivity contribution is -0.115. The molecule has 0 radical (unpaired) electrons. The van der Waals surface area contributed by atoms with E-state index in [2.05, 4.69) is 27.5 Å². The van der Waals surface area contributed by atoms with Crippen LogP contribution >= 0.6 is 11.6 Å². The van der Waals surface area contributed by atoms with Crippen molar-refractivity contribution in [3.8, 4) is 0 Å². The first-order valence-electron chi connectivity index (χ1n) is 9.03. The van der Waals surface area contributed by atoms with Crippen LogP contribution in [0.3, 0.4) is 0 Å². The summed E-state index contributed by atoms with van der Waals surface area (Å²) in [6.45, 7) is 4.59. The first-order valence-corrected chi connectivity index (χ1v) is 9.41. The third-order valence-corrected chi connectivity index (χ3v) is 4.91. The third kappa shape index (κ3) is 5.58. The zero-order valence-corrected chi connectivity index (χ0v) is 16.1. The second kappa shape index (κ2) is 9.06. The van der Waals surface area contributed by atoms with Gasteiger partial charge in [0.05, 0.1) is 5.02 Å². The topological polar surface area (TPSA) is 47.6 Å². The Balaban J connectivity index is 1.44. The summed E-state index contributed by atoms with van der Waals surface area (Å²) in [6, 6.07) is 12.3. The number of carbonyl (C=O) groups is 1. The standard InChI is InChI=1S/C20H24ClFN4O/c1-25-10-12-26(13-11-25)17-5-2-15(3-6-17)24-20(27)8-9-23-16-4-7-19(22)18(21)14-16/h2-7,14,23H,8-13H2,1H3,(H,24,27). The minimum atomic E-state index is -0.458. The molecule has 27 heavy (non-hydrogen) atoms. The van der Waals surface area contributed by atoms with Gasteiger partial charge in [-0.05, 0) is 49.5 Å². The zero-order chi connectivity index (χ0) is 19.2. The first kappa shape index (κ1) is 19.5. The van der Waals surface area contributed by atoms with Crippen molar-refractivity contribution in [3.63, 3.8) is 0 Å². The van der Waals surface area contributed by atoms with Gasteiger partial charge in [0.1, 0.15) is 5.82 Å². The van der Waals surface area contributed by atoms with Crippen molar-refractivity contribution in [2.45, 2.75) is 6.42 Å². The van der Waals surface area contributed by atoms with Crippen molar-refractivity contribution in [2.75, 3.05) is 55.3 Å². The number of rotatable bonds is 6. The summed E-state index contributed by atoms with van der Waals surface area (Å²) < 4.78 is 13.1. The third-order valence-electron chi connectivity index (χ3n) is 4.62. The molecule has 0 spiro atoms. The van der Waals surface area contributed by atoms with Gasteiger partial charge in [0.25, 0.3) is 0 Å². The lowest BCUT2D eigenvalue weighted by Crippen LogP contribution is -2.44. The van der Waals surface area contributed by atoms with Gasteiger partial charge in [-0.2, -0.15) is 0 Å². The van der Waals surface area contributed by atoms with E-state index in [0.717, 1.165) is 31.9 Å². The van der Waals surface area contributed by atoms with Crippen molar-refractivity contribution >= 4 is 34.6 Å². The van der Waals surface area contributed by atoms with Crippen molar-refractivity contribution < 1.29 is 9.18 Å². The highest BCUT2D eigenvalue weighted by Crippen LogP contribution is 2.20. The molecule has 1 amide bonds. The minimum Gasteiger partial charge on any atom is -0.384 e. The molecule has 0 atom stereocenters. The number of anilines is 3. The van der Waals surface area contributed by atoms with E-state index in [0.29, 0.717) is 18.7 Å². The number of nitrogens with one attached hydrogen (secondary N) is 2. The average Bonchev–Trinajstić information content (AvgIpc) is 2.66. The summed E-state index contributed by atoms with van der Waals surface area (Å²) in [7, 11) is 2.13. The molecule has 7 heteroatoms. The van der Waals surface area contributed by atoms with Crippen molar-refractivity contribution in [1.29, 1.82) is 0 Å². The van der Waals surface area contributed by atoms with Crippen molar-refractivity contribution in [2.24, 2.45) is 0 Å². The number of nitrogens with zero attached hydrogens (tertiary/aromatic N) is 2. The molecule has 0 unspecified atom stereocenters. The highest BCUT2D eigenvalue weighted by Gasteiger charge is 2.14. The lowest BCUT2D eigenvalue weighted by atomic mass is 10.2. The number of hydrogen-bond acceptors (Lipinski definition) is 4. The normalized spacial score (nSPS) is 14.9. The Hall–Kier alpha value is -2.31. The van der Waals surface area contributed by atoms with Crippen LogP contribution in [0.1, 0.15) is 6.42 Å². The maximum Gasteiger partial charge on any atom is 0.226 e. The number of halogens is 2. The van der Waals surface area contributed by atoms with Crippen LogP contribution in [0.2, 0.25) is 5.02 Å². The molecular formula is C20H24ClFN4O. The van der Waals surface area contributed by atoms with Crippen LogP contribution in [0.5, 0.6) is 0 Å². The highest BCUT2D eigenvalue weighted by atomic mass is 35.5. The zero-order valence-electron chi connectivity index (χ0n) is 15.3. The summed E-state index contributed by atoms with van der Waals surface area (Å²) in [5, 5.41) is 6.02. The van der Waals surface area contributed by atoms with Gasteiger partial charge in [-0.1, -0.05) is 11.6 Å². The van der Waals surface area contributed by atoms with E-state index in [4.69, 9.17) is 11.6 Å². The fourth-order valence-electron chi connectivity index (χ4n) is 2.97. The summed E-state index contributed by atoms with van der Waals surface area (Å²) in [6.07, 6.45) is 0.301. The van der Waals surface area contributed by atoms with Gasteiger partial charge >= 0.3 is 0 Å². The highest BCUT2D eigenvalue weighted by molar-refractivity contribution is 6.31. The van der Waals surface area contributed by atoms with Gasteiger partial charge < -0.3 is 20.4 Å². The van der Waals surface area contributed by atoms with Crippen LogP contribution in [-0.2, 0) is 4.79 Å². The molecule has 1 heterocycles. The number of hydrogen-bond donors (Lipinski definition) is 2. The van der Waals surface area contributed by atoms with Gasteiger partial charge in [0, 0.05) is 56.2 Å². The summed E-state index contributed by atoms with van der Waals surface area (Å²) >= 11 is 5.74. The van der Waals surface area contributed by atoms with Crippen LogP contribution in [0.15, 0.2) is 42.5 Å². The van der Waals surface area contributed by atoms with Gasteiger partial charge in [-0.25, -0.2) is 4.39 Å². The Kier molecular flexibility index (Phi) is 6.53. The van der Waals surface area contributed by atoms with Crippen molar-refractivity contribution in [1.82, 2.24) is 4.90 Å². The predicted molar refractivity (Wildman–Crippen MR) is 109 cm³/mol. The molecule has 0 aromatic heterocycles. The van der Waals surface area contributed by atoms with Crippen LogP contribution in [0.4, 0.5) is 21.5 Å². The lowest BCUT2D eigenvalue weighted by Gasteiger charge is -2.34. The minimum absolute atomic E-state index is 0.0601. The van der Waals surface area contributed by atoms with E-state index in [-0.39, 0.29) is 10.9 Å². The van der Waals surface area contributed by atoms with Crippen LogP contribution in [0, 0.1) is 5.82 Å². The molecule has 0 saturated carbocycles. The molecule has 1 saturated heterocycles. The number of benzene rings is 2. The molecule has 1 aliphatic heterocycles. The van der Waals surface area contributed by atoms with E-state index in [9.17, 15) is 9.18 Å². The maximum absolute atomic E-state index is 13.1. The molecule has 2 N–H and O–H groups in total. The molecule has 2 aromatic rings. The molecular weight excluding hydrogens is 367 g/mol. The second-order valence-electron chi connectivity index (χ2n) is 6.69. The van der Waals surface area contributed by atoms with Crippen LogP contribution in [0.25, 0.3) is 0 Å².